The van der Waals surface area contributed by atoms with Gasteiger partial charge in [0, 0.05) is 6.54 Å². The lowest BCUT2D eigenvalue weighted by Gasteiger charge is -2.21. The van der Waals surface area contributed by atoms with Gasteiger partial charge in [0.15, 0.2) is 0 Å². The average Bonchev–Trinajstić information content (AvgIpc) is 2.57. The Morgan fingerprint density at radius 3 is 2.31 bits per heavy atom. The molecule has 140 valence electrons. The van der Waals surface area contributed by atoms with E-state index in [-0.39, 0.29) is 12.1 Å². The first-order valence-corrected chi connectivity index (χ1v) is 9.38. The van der Waals surface area contributed by atoms with Gasteiger partial charge >= 0.3 is 6.18 Å². The van der Waals surface area contributed by atoms with Crippen molar-refractivity contribution in [2.24, 2.45) is 0 Å². The van der Waals surface area contributed by atoms with E-state index in [0.717, 1.165) is 22.7 Å². The van der Waals surface area contributed by atoms with Crippen molar-refractivity contribution in [3.8, 4) is 0 Å². The van der Waals surface area contributed by atoms with Crippen molar-refractivity contribution in [3.05, 3.63) is 65.7 Å². The van der Waals surface area contributed by atoms with Crippen LogP contribution in [-0.4, -0.2) is 27.1 Å². The van der Waals surface area contributed by atoms with Crippen LogP contribution in [0.3, 0.4) is 0 Å². The number of hydrogen-bond acceptors (Lipinski definition) is 3. The first kappa shape index (κ1) is 19.8. The number of amides is 1. The molecule has 0 atom stereocenters. The Kier molecular flexibility index (Phi) is 5.91. The maximum absolute atomic E-state index is 12.7. The van der Waals surface area contributed by atoms with Gasteiger partial charge in [0.25, 0.3) is 0 Å². The molecule has 0 aliphatic carbocycles. The zero-order valence-corrected chi connectivity index (χ0v) is 14.6. The molecule has 26 heavy (non-hydrogen) atoms. The van der Waals surface area contributed by atoms with E-state index in [9.17, 15) is 26.4 Å². The predicted molar refractivity (Wildman–Crippen MR) is 91.9 cm³/mol. The molecule has 0 saturated heterocycles. The first-order chi connectivity index (χ1) is 12.1. The molecular formula is C17H17F3N2O3S. The third kappa shape index (κ3) is 5.48. The van der Waals surface area contributed by atoms with Crippen LogP contribution in [0.2, 0.25) is 0 Å². The summed E-state index contributed by atoms with van der Waals surface area (Å²) in [7, 11) is -3.70. The molecule has 5 nitrogen and oxygen atoms in total. The molecule has 0 aliphatic rings. The largest absolute Gasteiger partial charge is 0.416 e. The van der Waals surface area contributed by atoms with Crippen LogP contribution in [0.15, 0.2) is 54.6 Å². The van der Waals surface area contributed by atoms with Gasteiger partial charge in [0.2, 0.25) is 15.9 Å². The number of para-hydroxylation sites is 1. The Hall–Kier alpha value is -2.55. The van der Waals surface area contributed by atoms with Crippen LogP contribution in [0.1, 0.15) is 11.1 Å². The van der Waals surface area contributed by atoms with Crippen LogP contribution in [-0.2, 0) is 27.5 Å². The number of benzene rings is 2. The van der Waals surface area contributed by atoms with E-state index >= 15 is 0 Å². The van der Waals surface area contributed by atoms with Gasteiger partial charge in [-0.3, -0.25) is 9.10 Å². The van der Waals surface area contributed by atoms with Crippen molar-refractivity contribution >= 4 is 21.6 Å². The second-order valence-corrected chi connectivity index (χ2v) is 7.49. The fourth-order valence-corrected chi connectivity index (χ4v) is 3.10. The van der Waals surface area contributed by atoms with Crippen molar-refractivity contribution in [2.45, 2.75) is 12.7 Å². The summed E-state index contributed by atoms with van der Waals surface area (Å²) in [5.74, 6) is -0.628. The van der Waals surface area contributed by atoms with E-state index in [1.165, 1.54) is 12.1 Å². The molecule has 9 heteroatoms. The standard InChI is InChI=1S/C17H17F3N2O3S/c1-26(24,25)22(15-8-3-2-4-9-15)12-16(23)21-11-13-6-5-7-14(10-13)17(18,19)20/h2-10H,11-12H2,1H3,(H,21,23). The van der Waals surface area contributed by atoms with Crippen LogP contribution < -0.4 is 9.62 Å². The molecule has 0 saturated carbocycles. The van der Waals surface area contributed by atoms with Gasteiger partial charge in [0.1, 0.15) is 6.54 Å². The van der Waals surface area contributed by atoms with Crippen LogP contribution in [0.5, 0.6) is 0 Å². The van der Waals surface area contributed by atoms with Crippen LogP contribution in [0, 0.1) is 0 Å². The molecule has 2 aromatic carbocycles. The van der Waals surface area contributed by atoms with E-state index in [1.807, 2.05) is 0 Å². The van der Waals surface area contributed by atoms with E-state index < -0.39 is 34.2 Å². The molecule has 0 unspecified atom stereocenters. The van der Waals surface area contributed by atoms with Crippen LogP contribution in [0.4, 0.5) is 18.9 Å². The molecule has 0 fully saturated rings. The lowest BCUT2D eigenvalue weighted by atomic mass is 10.1. The molecule has 0 heterocycles. The smallest absolute Gasteiger partial charge is 0.350 e. The highest BCUT2D eigenvalue weighted by Gasteiger charge is 2.30. The molecule has 0 spiro atoms. The number of rotatable bonds is 6. The van der Waals surface area contributed by atoms with E-state index in [4.69, 9.17) is 0 Å². The van der Waals surface area contributed by atoms with Crippen molar-refractivity contribution in [1.82, 2.24) is 5.32 Å². The molecule has 0 radical (unpaired) electrons. The highest BCUT2D eigenvalue weighted by molar-refractivity contribution is 7.92. The van der Waals surface area contributed by atoms with Gasteiger partial charge < -0.3 is 5.32 Å². The van der Waals surface area contributed by atoms with Crippen molar-refractivity contribution in [1.29, 1.82) is 0 Å². The maximum Gasteiger partial charge on any atom is 0.416 e. The van der Waals surface area contributed by atoms with Gasteiger partial charge in [-0.25, -0.2) is 8.42 Å². The summed E-state index contributed by atoms with van der Waals surface area (Å²) in [6.07, 6.45) is -3.50. The molecule has 2 aromatic rings. The van der Waals surface area contributed by atoms with E-state index in [0.29, 0.717) is 5.69 Å². The quantitative estimate of drug-likeness (QED) is 0.830. The van der Waals surface area contributed by atoms with E-state index in [2.05, 4.69) is 5.32 Å². The van der Waals surface area contributed by atoms with Gasteiger partial charge in [-0.05, 0) is 29.8 Å². The van der Waals surface area contributed by atoms with Gasteiger partial charge in [0.05, 0.1) is 17.5 Å². The minimum absolute atomic E-state index is 0.144. The summed E-state index contributed by atoms with van der Waals surface area (Å²) in [6, 6.07) is 12.6. The summed E-state index contributed by atoms with van der Waals surface area (Å²) in [6.45, 7) is -0.614. The van der Waals surface area contributed by atoms with Crippen LogP contribution >= 0.6 is 0 Å². The highest BCUT2D eigenvalue weighted by Crippen LogP contribution is 2.29. The minimum atomic E-state index is -4.47. The lowest BCUT2D eigenvalue weighted by molar-refractivity contribution is -0.137. The topological polar surface area (TPSA) is 66.5 Å². The lowest BCUT2D eigenvalue weighted by Crippen LogP contribution is -2.40. The number of carbonyl (C=O) groups excluding carboxylic acids is 1. The Morgan fingerprint density at radius 1 is 1.08 bits per heavy atom. The average molecular weight is 386 g/mol. The number of anilines is 1. The molecule has 0 aliphatic heterocycles. The number of hydrogen-bond donors (Lipinski definition) is 1. The molecular weight excluding hydrogens is 369 g/mol. The van der Waals surface area contributed by atoms with Gasteiger partial charge in [-0.15, -0.1) is 0 Å². The van der Waals surface area contributed by atoms with Crippen LogP contribution in [0.25, 0.3) is 0 Å². The summed E-state index contributed by atoms with van der Waals surface area (Å²) in [5, 5.41) is 2.44. The molecule has 0 aromatic heterocycles. The Balaban J connectivity index is 2.06. The number of halogens is 3. The summed E-state index contributed by atoms with van der Waals surface area (Å²) >= 11 is 0. The highest BCUT2D eigenvalue weighted by atomic mass is 32.2. The molecule has 2 rings (SSSR count). The Bertz CT molecular complexity index is 868. The predicted octanol–water partition coefficient (Wildman–Crippen LogP) is 2.79. The van der Waals surface area contributed by atoms with Gasteiger partial charge in [-0.2, -0.15) is 13.2 Å². The Morgan fingerprint density at radius 2 is 1.73 bits per heavy atom. The van der Waals surface area contributed by atoms with E-state index in [1.54, 1.807) is 30.3 Å². The summed E-state index contributed by atoms with van der Waals surface area (Å²) < 4.78 is 62.9. The monoisotopic (exact) mass is 386 g/mol. The molecule has 1 amide bonds. The second-order valence-electron chi connectivity index (χ2n) is 5.58. The summed E-state index contributed by atoms with van der Waals surface area (Å²) in [5.41, 5.74) is -0.227. The maximum atomic E-state index is 12.7. The third-order valence-corrected chi connectivity index (χ3v) is 4.62. The third-order valence-electron chi connectivity index (χ3n) is 3.48. The fraction of sp³-hybridized carbons (Fsp3) is 0.235. The zero-order valence-electron chi connectivity index (χ0n) is 13.8. The second kappa shape index (κ2) is 7.77. The SMILES string of the molecule is CS(=O)(=O)N(CC(=O)NCc1cccc(C(F)(F)F)c1)c1ccccc1. The number of nitrogens with zero attached hydrogens (tertiary/aromatic N) is 1. The number of alkyl halides is 3. The first-order valence-electron chi connectivity index (χ1n) is 7.53. The normalized spacial score (nSPS) is 11.8. The molecule has 1 N–H and O–H groups in total. The number of carbonyl (C=O) groups is 1. The number of nitrogens with one attached hydrogen (secondary N) is 1. The van der Waals surface area contributed by atoms with Crippen molar-refractivity contribution < 1.29 is 26.4 Å². The Labute approximate surface area is 149 Å². The van der Waals surface area contributed by atoms with Gasteiger partial charge in [-0.1, -0.05) is 30.3 Å². The zero-order chi connectivity index (χ0) is 19.4. The minimum Gasteiger partial charge on any atom is -0.350 e. The molecule has 0 bridgehead atoms. The number of sulfonamides is 1. The van der Waals surface area contributed by atoms with Crippen molar-refractivity contribution in [3.63, 3.8) is 0 Å². The van der Waals surface area contributed by atoms with Crippen molar-refractivity contribution in [2.75, 3.05) is 17.1 Å². The fourth-order valence-electron chi connectivity index (χ4n) is 2.24. The summed E-state index contributed by atoms with van der Waals surface area (Å²) in [4.78, 5) is 12.1.